The monoisotopic (exact) mass is 400 g/mol. The first-order valence-electron chi connectivity index (χ1n) is 8.93. The molecule has 1 saturated heterocycles. The average molecular weight is 401 g/mol. The number of nitrogens with one attached hydrogen (secondary N) is 2. The van der Waals surface area contributed by atoms with E-state index in [1.165, 1.54) is 17.0 Å². The zero-order valence-corrected chi connectivity index (χ0v) is 16.9. The number of carbonyl (C=O) groups excluding carboxylic acids is 1. The molecule has 1 fully saturated rings. The summed E-state index contributed by atoms with van der Waals surface area (Å²) in [5, 5.41) is 11.3. The number of carbonyl (C=O) groups is 1. The Kier molecular flexibility index (Phi) is 4.93. The fraction of sp³-hybridized carbons (Fsp3) is 0.300. The molecule has 2 atom stereocenters. The summed E-state index contributed by atoms with van der Waals surface area (Å²) in [5.41, 5.74) is 7.02. The highest BCUT2D eigenvalue weighted by molar-refractivity contribution is 7.91. The van der Waals surface area contributed by atoms with Crippen LogP contribution in [-0.2, 0) is 20.2 Å². The van der Waals surface area contributed by atoms with E-state index in [4.69, 9.17) is 11.1 Å². The number of likely N-dealkylation sites (N-methyl/N-ethyl adjacent to an activating group) is 1. The molecule has 0 bridgehead atoms. The molecule has 0 radical (unpaired) electrons. The van der Waals surface area contributed by atoms with Gasteiger partial charge in [-0.05, 0) is 42.3 Å². The Morgan fingerprint density at radius 1 is 1.21 bits per heavy atom. The lowest BCUT2D eigenvalue weighted by Crippen LogP contribution is -2.62. The second-order valence-corrected chi connectivity index (χ2v) is 9.38. The van der Waals surface area contributed by atoms with Crippen LogP contribution in [0.15, 0.2) is 53.4 Å². The predicted molar refractivity (Wildman–Crippen MR) is 109 cm³/mol. The summed E-state index contributed by atoms with van der Waals surface area (Å²) in [7, 11) is -1.79. The summed E-state index contributed by atoms with van der Waals surface area (Å²) in [6.07, 6.45) is 0. The molecular formula is C20H24N4O3S. The highest BCUT2D eigenvalue weighted by Crippen LogP contribution is 2.41. The molecule has 1 aliphatic rings. The number of nitrogens with zero attached hydrogens (tertiary/aromatic N) is 1. The van der Waals surface area contributed by atoms with E-state index in [-0.39, 0.29) is 22.5 Å². The number of anilines is 1. The molecule has 1 heterocycles. The fourth-order valence-electron chi connectivity index (χ4n) is 3.56. The minimum absolute atomic E-state index is 0.00337. The zero-order chi connectivity index (χ0) is 20.7. The minimum atomic E-state index is -3.33. The van der Waals surface area contributed by atoms with Crippen LogP contribution >= 0.6 is 0 Å². The number of amides is 1. The molecule has 28 heavy (non-hydrogen) atoms. The SMILES string of the molecule is CCS(=O)(=O)c1ccc([C@H]2C(=O)N(C)C(=N)N[C@]2(C)c2cccc(N)c2)cc1. The third-order valence-corrected chi connectivity index (χ3v) is 7.06. The molecule has 2 aromatic carbocycles. The van der Waals surface area contributed by atoms with E-state index in [0.717, 1.165) is 5.56 Å². The fourth-order valence-corrected chi connectivity index (χ4v) is 4.45. The molecule has 0 aromatic heterocycles. The summed E-state index contributed by atoms with van der Waals surface area (Å²) in [6, 6.07) is 13.6. The molecule has 0 unspecified atom stereocenters. The van der Waals surface area contributed by atoms with Gasteiger partial charge >= 0.3 is 0 Å². The Morgan fingerprint density at radius 2 is 1.86 bits per heavy atom. The van der Waals surface area contributed by atoms with Gasteiger partial charge in [-0.15, -0.1) is 0 Å². The second-order valence-electron chi connectivity index (χ2n) is 7.10. The van der Waals surface area contributed by atoms with Crippen LogP contribution in [0.3, 0.4) is 0 Å². The van der Waals surface area contributed by atoms with Crippen molar-refractivity contribution in [3.63, 3.8) is 0 Å². The van der Waals surface area contributed by atoms with Gasteiger partial charge in [-0.1, -0.05) is 31.2 Å². The van der Waals surface area contributed by atoms with E-state index in [1.807, 2.05) is 13.0 Å². The van der Waals surface area contributed by atoms with Gasteiger partial charge in [-0.25, -0.2) is 8.42 Å². The van der Waals surface area contributed by atoms with Crippen molar-refractivity contribution in [2.45, 2.75) is 30.2 Å². The Labute approximate surface area is 165 Å². The van der Waals surface area contributed by atoms with Crippen LogP contribution < -0.4 is 11.1 Å². The summed E-state index contributed by atoms with van der Waals surface area (Å²) >= 11 is 0. The number of rotatable bonds is 4. The van der Waals surface area contributed by atoms with E-state index >= 15 is 0 Å². The summed E-state index contributed by atoms with van der Waals surface area (Å²) in [6.45, 7) is 3.44. The molecule has 8 heteroatoms. The molecule has 1 aliphatic heterocycles. The van der Waals surface area contributed by atoms with Crippen molar-refractivity contribution in [3.05, 3.63) is 59.7 Å². The Morgan fingerprint density at radius 3 is 2.43 bits per heavy atom. The molecule has 0 saturated carbocycles. The van der Waals surface area contributed by atoms with E-state index in [9.17, 15) is 13.2 Å². The number of guanidine groups is 1. The summed E-state index contributed by atoms with van der Waals surface area (Å²) in [4.78, 5) is 14.6. The normalized spacial score (nSPS) is 22.8. The van der Waals surface area contributed by atoms with Gasteiger partial charge in [0.2, 0.25) is 5.91 Å². The Bertz CT molecular complexity index is 1030. The lowest BCUT2D eigenvalue weighted by atomic mass is 9.73. The van der Waals surface area contributed by atoms with Gasteiger partial charge in [-0.3, -0.25) is 15.1 Å². The van der Waals surface area contributed by atoms with Crippen LogP contribution in [0.1, 0.15) is 30.9 Å². The highest BCUT2D eigenvalue weighted by atomic mass is 32.2. The van der Waals surface area contributed by atoms with Gasteiger partial charge < -0.3 is 11.1 Å². The van der Waals surface area contributed by atoms with Crippen molar-refractivity contribution < 1.29 is 13.2 Å². The van der Waals surface area contributed by atoms with Crippen molar-refractivity contribution in [1.29, 1.82) is 5.41 Å². The molecule has 3 rings (SSSR count). The average Bonchev–Trinajstić information content (AvgIpc) is 2.67. The second kappa shape index (κ2) is 6.94. The standard InChI is InChI=1S/C20H24N4O3S/c1-4-28(26,27)16-10-8-13(9-11-16)17-18(25)24(3)19(22)23-20(17,2)14-6-5-7-15(21)12-14/h5-12,17H,4,21H2,1-3H3,(H2,22,23)/t17-,20+/m0/s1. The number of hydrogen-bond acceptors (Lipinski definition) is 5. The largest absolute Gasteiger partial charge is 0.399 e. The molecule has 4 N–H and O–H groups in total. The van der Waals surface area contributed by atoms with Gasteiger partial charge in [-0.2, -0.15) is 0 Å². The smallest absolute Gasteiger partial charge is 0.239 e. The third-order valence-electron chi connectivity index (χ3n) is 5.31. The van der Waals surface area contributed by atoms with E-state index in [2.05, 4.69) is 5.32 Å². The van der Waals surface area contributed by atoms with Crippen LogP contribution in [0, 0.1) is 5.41 Å². The van der Waals surface area contributed by atoms with Crippen LogP contribution in [0.4, 0.5) is 5.69 Å². The maximum atomic E-state index is 13.1. The highest BCUT2D eigenvalue weighted by Gasteiger charge is 2.48. The van der Waals surface area contributed by atoms with E-state index < -0.39 is 21.3 Å². The minimum Gasteiger partial charge on any atom is -0.399 e. The van der Waals surface area contributed by atoms with Gasteiger partial charge in [0.1, 0.15) is 0 Å². The van der Waals surface area contributed by atoms with Crippen LogP contribution in [-0.4, -0.2) is 38.0 Å². The molecular weight excluding hydrogens is 376 g/mol. The van der Waals surface area contributed by atoms with Gasteiger partial charge in [0.25, 0.3) is 0 Å². The predicted octanol–water partition coefficient (Wildman–Crippen LogP) is 2.06. The van der Waals surface area contributed by atoms with Crippen molar-refractivity contribution in [3.8, 4) is 0 Å². The first-order valence-corrected chi connectivity index (χ1v) is 10.6. The van der Waals surface area contributed by atoms with E-state index in [0.29, 0.717) is 11.3 Å². The van der Waals surface area contributed by atoms with Crippen molar-refractivity contribution >= 4 is 27.4 Å². The number of nitrogen functional groups attached to an aromatic ring is 1. The van der Waals surface area contributed by atoms with Crippen molar-refractivity contribution in [1.82, 2.24) is 10.2 Å². The topological polar surface area (TPSA) is 116 Å². The lowest BCUT2D eigenvalue weighted by Gasteiger charge is -2.46. The van der Waals surface area contributed by atoms with Crippen LogP contribution in [0.5, 0.6) is 0 Å². The molecule has 148 valence electrons. The maximum absolute atomic E-state index is 13.1. The zero-order valence-electron chi connectivity index (χ0n) is 16.1. The van der Waals surface area contributed by atoms with Crippen LogP contribution in [0.2, 0.25) is 0 Å². The molecule has 1 amide bonds. The number of hydrogen-bond donors (Lipinski definition) is 3. The van der Waals surface area contributed by atoms with Crippen molar-refractivity contribution in [2.75, 3.05) is 18.5 Å². The number of benzene rings is 2. The first kappa shape index (κ1) is 19.9. The van der Waals surface area contributed by atoms with Gasteiger partial charge in [0.05, 0.1) is 22.1 Å². The van der Waals surface area contributed by atoms with Crippen molar-refractivity contribution in [2.24, 2.45) is 0 Å². The summed E-state index contributed by atoms with van der Waals surface area (Å²) in [5.74, 6) is -0.903. The molecule has 0 spiro atoms. The first-order chi connectivity index (χ1) is 13.1. The molecule has 7 nitrogen and oxygen atoms in total. The number of sulfone groups is 1. The van der Waals surface area contributed by atoms with Gasteiger partial charge in [0, 0.05) is 12.7 Å². The molecule has 2 aromatic rings. The van der Waals surface area contributed by atoms with Crippen LogP contribution in [0.25, 0.3) is 0 Å². The van der Waals surface area contributed by atoms with Gasteiger partial charge in [0.15, 0.2) is 15.8 Å². The number of nitrogens with two attached hydrogens (primary N) is 1. The quantitative estimate of drug-likeness (QED) is 0.679. The molecule has 0 aliphatic carbocycles. The lowest BCUT2D eigenvalue weighted by molar-refractivity contribution is -0.131. The summed E-state index contributed by atoms with van der Waals surface area (Å²) < 4.78 is 24.2. The Hall–Kier alpha value is -2.87. The third kappa shape index (κ3) is 3.24. The Balaban J connectivity index is 2.14. The maximum Gasteiger partial charge on any atom is 0.239 e. The van der Waals surface area contributed by atoms with E-state index in [1.54, 1.807) is 44.3 Å².